The molecule has 15 heavy (non-hydrogen) atoms. The first-order valence-corrected chi connectivity index (χ1v) is 5.25. The van der Waals surface area contributed by atoms with Crippen LogP contribution in [0, 0.1) is 12.7 Å². The number of aryl methyl sites for hydroxylation is 1. The van der Waals surface area contributed by atoms with Crippen molar-refractivity contribution in [1.82, 2.24) is 0 Å². The molecule has 2 N–H and O–H groups in total. The van der Waals surface area contributed by atoms with Gasteiger partial charge in [0.2, 0.25) is 0 Å². The van der Waals surface area contributed by atoms with E-state index in [-0.39, 0.29) is 5.82 Å². The highest BCUT2D eigenvalue weighted by Crippen LogP contribution is 2.27. The first-order valence-electron chi connectivity index (χ1n) is 5.25. The number of anilines is 2. The predicted molar refractivity (Wildman–Crippen MR) is 63.7 cm³/mol. The molecular weight excluding hydrogens is 191 g/mol. The lowest BCUT2D eigenvalue weighted by Crippen LogP contribution is -2.28. The summed E-state index contributed by atoms with van der Waals surface area (Å²) >= 11 is 0. The van der Waals surface area contributed by atoms with Crippen LogP contribution in [0.5, 0.6) is 0 Å². The summed E-state index contributed by atoms with van der Waals surface area (Å²) in [5.41, 5.74) is 7.84. The molecule has 0 fully saturated rings. The van der Waals surface area contributed by atoms with Crippen LogP contribution in [0.1, 0.15) is 25.8 Å². The van der Waals surface area contributed by atoms with E-state index in [1.807, 2.05) is 7.05 Å². The number of nitrogens with two attached hydrogens (primary N) is 1. The Labute approximate surface area is 90.9 Å². The summed E-state index contributed by atoms with van der Waals surface area (Å²) in [4.78, 5) is 2.09. The first-order chi connectivity index (χ1) is 6.97. The van der Waals surface area contributed by atoms with Gasteiger partial charge in [-0.2, -0.15) is 0 Å². The summed E-state index contributed by atoms with van der Waals surface area (Å²) in [6.45, 7) is 5.99. The Morgan fingerprint density at radius 1 is 1.47 bits per heavy atom. The molecule has 0 saturated heterocycles. The van der Waals surface area contributed by atoms with E-state index in [2.05, 4.69) is 18.7 Å². The van der Waals surface area contributed by atoms with Crippen LogP contribution < -0.4 is 10.6 Å². The number of nitrogen functional groups attached to an aromatic ring is 1. The highest BCUT2D eigenvalue weighted by Gasteiger charge is 2.12. The Kier molecular flexibility index (Phi) is 3.56. The average Bonchev–Trinajstić information content (AvgIpc) is 2.21. The van der Waals surface area contributed by atoms with E-state index in [0.29, 0.717) is 17.3 Å². The van der Waals surface area contributed by atoms with E-state index in [1.165, 1.54) is 6.07 Å². The molecule has 1 unspecified atom stereocenters. The summed E-state index contributed by atoms with van der Waals surface area (Å²) in [5, 5.41) is 0. The molecule has 0 heterocycles. The number of halogens is 1. The van der Waals surface area contributed by atoms with Gasteiger partial charge in [0, 0.05) is 13.1 Å². The lowest BCUT2D eigenvalue weighted by atomic mass is 10.1. The maximum atomic E-state index is 13.2. The van der Waals surface area contributed by atoms with Gasteiger partial charge in [0.25, 0.3) is 0 Å². The molecular formula is C12H19FN2. The standard InChI is InChI=1S/C12H19FN2/c1-5-9(3)15(4)12-6-8(2)10(13)7-11(12)14/h6-7,9H,5,14H2,1-4H3. The van der Waals surface area contributed by atoms with E-state index >= 15 is 0 Å². The van der Waals surface area contributed by atoms with E-state index < -0.39 is 0 Å². The molecule has 0 aliphatic heterocycles. The van der Waals surface area contributed by atoms with Crippen molar-refractivity contribution in [2.75, 3.05) is 17.7 Å². The van der Waals surface area contributed by atoms with Crippen LogP contribution in [0.2, 0.25) is 0 Å². The third kappa shape index (κ3) is 2.41. The Morgan fingerprint density at radius 2 is 2.07 bits per heavy atom. The summed E-state index contributed by atoms with van der Waals surface area (Å²) in [6.07, 6.45) is 1.03. The van der Waals surface area contributed by atoms with E-state index in [9.17, 15) is 4.39 Å². The molecule has 1 aromatic rings. The Morgan fingerprint density at radius 3 is 2.60 bits per heavy atom. The van der Waals surface area contributed by atoms with Gasteiger partial charge >= 0.3 is 0 Å². The van der Waals surface area contributed by atoms with Gasteiger partial charge in [-0.25, -0.2) is 4.39 Å². The van der Waals surface area contributed by atoms with Crippen LogP contribution >= 0.6 is 0 Å². The van der Waals surface area contributed by atoms with E-state index in [4.69, 9.17) is 5.73 Å². The van der Waals surface area contributed by atoms with E-state index in [1.54, 1.807) is 13.0 Å². The molecule has 1 rings (SSSR count). The second-order valence-corrected chi connectivity index (χ2v) is 4.03. The molecule has 2 nitrogen and oxygen atoms in total. The fraction of sp³-hybridized carbons (Fsp3) is 0.500. The Balaban J connectivity index is 3.09. The molecule has 0 aromatic heterocycles. The molecule has 0 saturated carbocycles. The van der Waals surface area contributed by atoms with Gasteiger partial charge in [0.15, 0.2) is 0 Å². The zero-order valence-electron chi connectivity index (χ0n) is 9.84. The molecule has 3 heteroatoms. The minimum Gasteiger partial charge on any atom is -0.397 e. The van der Waals surface area contributed by atoms with Crippen molar-refractivity contribution >= 4 is 11.4 Å². The normalized spacial score (nSPS) is 12.6. The van der Waals surface area contributed by atoms with Crippen LogP contribution in [-0.4, -0.2) is 13.1 Å². The summed E-state index contributed by atoms with van der Waals surface area (Å²) in [5.74, 6) is -0.242. The van der Waals surface area contributed by atoms with Crippen LogP contribution in [0.25, 0.3) is 0 Å². The zero-order valence-corrected chi connectivity index (χ0v) is 9.84. The van der Waals surface area contributed by atoms with Crippen LogP contribution in [0.3, 0.4) is 0 Å². The number of hydrogen-bond acceptors (Lipinski definition) is 2. The molecule has 1 aromatic carbocycles. The molecule has 0 bridgehead atoms. The van der Waals surface area contributed by atoms with Crippen LogP contribution in [-0.2, 0) is 0 Å². The van der Waals surface area contributed by atoms with Crippen molar-refractivity contribution in [3.05, 3.63) is 23.5 Å². The molecule has 0 amide bonds. The van der Waals surface area contributed by atoms with Gasteiger partial charge in [-0.3, -0.25) is 0 Å². The lowest BCUT2D eigenvalue weighted by molar-refractivity contribution is 0.617. The minimum absolute atomic E-state index is 0.242. The third-order valence-electron chi connectivity index (χ3n) is 2.94. The van der Waals surface area contributed by atoms with Gasteiger partial charge in [-0.05, 0) is 38.0 Å². The highest BCUT2D eigenvalue weighted by atomic mass is 19.1. The highest BCUT2D eigenvalue weighted by molar-refractivity contribution is 5.68. The monoisotopic (exact) mass is 210 g/mol. The quantitative estimate of drug-likeness (QED) is 0.777. The Hall–Kier alpha value is -1.25. The second kappa shape index (κ2) is 4.51. The van der Waals surface area contributed by atoms with Crippen molar-refractivity contribution in [1.29, 1.82) is 0 Å². The largest absolute Gasteiger partial charge is 0.397 e. The molecule has 0 radical (unpaired) electrons. The lowest BCUT2D eigenvalue weighted by Gasteiger charge is -2.27. The van der Waals surface area contributed by atoms with Crippen molar-refractivity contribution < 1.29 is 4.39 Å². The number of rotatable bonds is 3. The predicted octanol–water partition coefficient (Wildman–Crippen LogP) is 2.95. The minimum atomic E-state index is -0.242. The van der Waals surface area contributed by atoms with Crippen LogP contribution in [0.15, 0.2) is 12.1 Å². The molecule has 1 atom stereocenters. The number of benzene rings is 1. The van der Waals surface area contributed by atoms with E-state index in [0.717, 1.165) is 12.1 Å². The third-order valence-corrected chi connectivity index (χ3v) is 2.94. The van der Waals surface area contributed by atoms with Gasteiger partial charge in [0.1, 0.15) is 5.82 Å². The average molecular weight is 210 g/mol. The summed E-state index contributed by atoms with van der Waals surface area (Å²) in [7, 11) is 1.98. The molecule has 84 valence electrons. The zero-order chi connectivity index (χ0) is 11.6. The Bertz CT molecular complexity index is 350. The van der Waals surface area contributed by atoms with Gasteiger partial charge < -0.3 is 10.6 Å². The number of nitrogens with zero attached hydrogens (tertiary/aromatic N) is 1. The molecule has 0 spiro atoms. The fourth-order valence-electron chi connectivity index (χ4n) is 1.50. The summed E-state index contributed by atoms with van der Waals surface area (Å²) < 4.78 is 13.2. The second-order valence-electron chi connectivity index (χ2n) is 4.03. The molecule has 0 aliphatic rings. The van der Waals surface area contributed by atoms with Crippen molar-refractivity contribution in [2.45, 2.75) is 33.2 Å². The van der Waals surface area contributed by atoms with Gasteiger partial charge in [0.05, 0.1) is 11.4 Å². The van der Waals surface area contributed by atoms with Gasteiger partial charge in [-0.15, -0.1) is 0 Å². The topological polar surface area (TPSA) is 29.3 Å². The fourth-order valence-corrected chi connectivity index (χ4v) is 1.50. The van der Waals surface area contributed by atoms with Crippen molar-refractivity contribution in [3.8, 4) is 0 Å². The van der Waals surface area contributed by atoms with Crippen molar-refractivity contribution in [2.24, 2.45) is 0 Å². The van der Waals surface area contributed by atoms with Crippen LogP contribution in [0.4, 0.5) is 15.8 Å². The first kappa shape index (κ1) is 11.8. The maximum absolute atomic E-state index is 13.2. The van der Waals surface area contributed by atoms with Crippen molar-refractivity contribution in [3.63, 3.8) is 0 Å². The maximum Gasteiger partial charge on any atom is 0.128 e. The summed E-state index contributed by atoms with van der Waals surface area (Å²) in [6, 6.07) is 3.59. The van der Waals surface area contributed by atoms with Gasteiger partial charge in [-0.1, -0.05) is 6.92 Å². The molecule has 0 aliphatic carbocycles. The SMILES string of the molecule is CCC(C)N(C)c1cc(C)c(F)cc1N. The number of hydrogen-bond donors (Lipinski definition) is 1. The smallest absolute Gasteiger partial charge is 0.128 e.